The first-order valence-electron chi connectivity index (χ1n) is 5.47. The number of rotatable bonds is 4. The van der Waals surface area contributed by atoms with Crippen LogP contribution in [0.1, 0.15) is 15.9 Å². The second-order valence-corrected chi connectivity index (χ2v) is 5.25. The van der Waals surface area contributed by atoms with E-state index < -0.39 is 11.8 Å². The van der Waals surface area contributed by atoms with Gasteiger partial charge in [0, 0.05) is 10.6 Å². The summed E-state index contributed by atoms with van der Waals surface area (Å²) in [5.41, 5.74) is 0.431. The third-order valence-electron chi connectivity index (χ3n) is 2.51. The minimum absolute atomic E-state index is 0.0798. The minimum Gasteiger partial charge on any atom is -0.478 e. The molecule has 2 aromatic carbocycles. The predicted octanol–water partition coefficient (Wildman–Crippen LogP) is 4.47. The molecule has 0 saturated carbocycles. The molecule has 0 atom stereocenters. The fourth-order valence-corrected chi connectivity index (χ4v) is 2.75. The summed E-state index contributed by atoms with van der Waals surface area (Å²) in [6.45, 7) is 0. The largest absolute Gasteiger partial charge is 0.478 e. The topological polar surface area (TPSA) is 37.3 Å². The summed E-state index contributed by atoms with van der Waals surface area (Å²) in [6.07, 6.45) is 0. The average molecular weight is 297 g/mol. The summed E-state index contributed by atoms with van der Waals surface area (Å²) in [4.78, 5) is 11.7. The highest BCUT2D eigenvalue weighted by Crippen LogP contribution is 2.30. The molecule has 5 heteroatoms. The number of carboxylic acid groups (broad SMARTS) is 1. The number of hydrogen-bond acceptors (Lipinski definition) is 2. The Morgan fingerprint density at radius 3 is 2.68 bits per heavy atom. The Bertz CT molecular complexity index is 616. The van der Waals surface area contributed by atoms with Crippen LogP contribution in [0.25, 0.3) is 0 Å². The van der Waals surface area contributed by atoms with E-state index in [-0.39, 0.29) is 5.56 Å². The lowest BCUT2D eigenvalue weighted by molar-refractivity contribution is 0.0696. The predicted molar refractivity (Wildman–Crippen MR) is 74.4 cm³/mol. The summed E-state index contributed by atoms with van der Waals surface area (Å²) in [5, 5.41) is 9.48. The smallest absolute Gasteiger partial charge is 0.335 e. The van der Waals surface area contributed by atoms with Crippen molar-refractivity contribution in [3.8, 4) is 0 Å². The molecule has 0 radical (unpaired) electrons. The van der Waals surface area contributed by atoms with Gasteiger partial charge in [0.05, 0.1) is 10.6 Å². The maximum atomic E-state index is 13.6. The minimum atomic E-state index is -1.07. The normalized spacial score (nSPS) is 10.4. The summed E-state index contributed by atoms with van der Waals surface area (Å²) >= 11 is 7.37. The molecule has 0 saturated heterocycles. The second-order valence-electron chi connectivity index (χ2n) is 3.83. The molecule has 0 heterocycles. The van der Waals surface area contributed by atoms with Crippen molar-refractivity contribution >= 4 is 29.3 Å². The number of hydrogen-bond donors (Lipinski definition) is 1. The van der Waals surface area contributed by atoms with Gasteiger partial charge in [-0.2, -0.15) is 0 Å². The molecule has 0 unspecified atom stereocenters. The molecule has 0 spiro atoms. The van der Waals surface area contributed by atoms with E-state index in [0.29, 0.717) is 16.3 Å². The van der Waals surface area contributed by atoms with E-state index >= 15 is 0 Å². The van der Waals surface area contributed by atoms with Crippen molar-refractivity contribution in [3.63, 3.8) is 0 Å². The van der Waals surface area contributed by atoms with Gasteiger partial charge in [-0.25, -0.2) is 9.18 Å². The molecule has 2 nitrogen and oxygen atoms in total. The highest BCUT2D eigenvalue weighted by Gasteiger charge is 2.09. The monoisotopic (exact) mass is 296 g/mol. The Hall–Kier alpha value is -1.52. The highest BCUT2D eigenvalue weighted by molar-refractivity contribution is 7.98. The summed E-state index contributed by atoms with van der Waals surface area (Å²) in [7, 11) is 0. The van der Waals surface area contributed by atoms with Crippen LogP contribution in [0.4, 0.5) is 4.39 Å². The third kappa shape index (κ3) is 3.49. The van der Waals surface area contributed by atoms with Gasteiger partial charge in [0.15, 0.2) is 0 Å². The number of benzene rings is 2. The SMILES string of the molecule is O=C(O)c1ccc(F)c(CSc2ccccc2Cl)c1. The number of carboxylic acids is 1. The van der Waals surface area contributed by atoms with Crippen LogP contribution in [0.15, 0.2) is 47.4 Å². The van der Waals surface area contributed by atoms with Gasteiger partial charge in [-0.15, -0.1) is 11.8 Å². The number of halogens is 2. The molecule has 0 aliphatic carbocycles. The number of carbonyl (C=O) groups is 1. The standard InChI is InChI=1S/C14H10ClFO2S/c15-11-3-1-2-4-13(11)19-8-10-7-9(14(17)18)5-6-12(10)16/h1-7H,8H2,(H,17,18). The zero-order valence-corrected chi connectivity index (χ0v) is 11.3. The Morgan fingerprint density at radius 2 is 2.00 bits per heavy atom. The number of thioether (sulfide) groups is 1. The first-order chi connectivity index (χ1) is 9.08. The van der Waals surface area contributed by atoms with E-state index in [1.165, 1.54) is 30.0 Å². The first-order valence-corrected chi connectivity index (χ1v) is 6.83. The van der Waals surface area contributed by atoms with Gasteiger partial charge in [0.25, 0.3) is 0 Å². The fourth-order valence-electron chi connectivity index (χ4n) is 1.54. The van der Waals surface area contributed by atoms with Crippen LogP contribution in [0, 0.1) is 5.82 Å². The van der Waals surface area contributed by atoms with Crippen LogP contribution < -0.4 is 0 Å². The molecule has 1 N–H and O–H groups in total. The van der Waals surface area contributed by atoms with E-state index in [4.69, 9.17) is 16.7 Å². The summed E-state index contributed by atoms with van der Waals surface area (Å²) in [6, 6.07) is 11.0. The molecule has 19 heavy (non-hydrogen) atoms. The molecular weight excluding hydrogens is 287 g/mol. The average Bonchev–Trinajstić information content (AvgIpc) is 2.39. The maximum Gasteiger partial charge on any atom is 0.335 e. The molecule has 0 fully saturated rings. The van der Waals surface area contributed by atoms with E-state index in [0.717, 1.165) is 4.90 Å². The van der Waals surface area contributed by atoms with E-state index in [1.54, 1.807) is 6.07 Å². The number of aromatic carboxylic acids is 1. The van der Waals surface area contributed by atoms with Gasteiger partial charge >= 0.3 is 5.97 Å². The third-order valence-corrected chi connectivity index (χ3v) is 4.08. The van der Waals surface area contributed by atoms with Gasteiger partial charge in [-0.05, 0) is 35.9 Å². The summed E-state index contributed by atoms with van der Waals surface area (Å²) < 4.78 is 13.6. The molecular formula is C14H10ClFO2S. The maximum absolute atomic E-state index is 13.6. The molecule has 98 valence electrons. The molecule has 0 aliphatic heterocycles. The van der Waals surface area contributed by atoms with Crippen molar-refractivity contribution in [2.75, 3.05) is 0 Å². The van der Waals surface area contributed by atoms with Crippen LogP contribution >= 0.6 is 23.4 Å². The zero-order valence-electron chi connectivity index (χ0n) is 9.77. The fraction of sp³-hybridized carbons (Fsp3) is 0.0714. The molecule has 2 aromatic rings. The van der Waals surface area contributed by atoms with Gasteiger partial charge in [0.1, 0.15) is 5.82 Å². The van der Waals surface area contributed by atoms with E-state index in [9.17, 15) is 9.18 Å². The van der Waals surface area contributed by atoms with Gasteiger partial charge in [0.2, 0.25) is 0 Å². The van der Waals surface area contributed by atoms with E-state index in [2.05, 4.69) is 0 Å². The highest BCUT2D eigenvalue weighted by atomic mass is 35.5. The van der Waals surface area contributed by atoms with Gasteiger partial charge in [-0.3, -0.25) is 0 Å². The van der Waals surface area contributed by atoms with Gasteiger partial charge in [-0.1, -0.05) is 23.7 Å². The van der Waals surface area contributed by atoms with Crippen LogP contribution in [0.5, 0.6) is 0 Å². The second kappa shape index (κ2) is 6.08. The zero-order chi connectivity index (χ0) is 13.8. The quantitative estimate of drug-likeness (QED) is 0.846. The van der Waals surface area contributed by atoms with Crippen LogP contribution in [0.2, 0.25) is 5.02 Å². The molecule has 0 bridgehead atoms. The van der Waals surface area contributed by atoms with Crippen LogP contribution in [-0.2, 0) is 5.75 Å². The lowest BCUT2D eigenvalue weighted by Gasteiger charge is -2.06. The van der Waals surface area contributed by atoms with Crippen molar-refractivity contribution in [2.24, 2.45) is 0 Å². The van der Waals surface area contributed by atoms with Gasteiger partial charge < -0.3 is 5.11 Å². The lowest BCUT2D eigenvalue weighted by atomic mass is 10.1. The van der Waals surface area contributed by atoms with E-state index in [1.807, 2.05) is 18.2 Å². The molecule has 0 amide bonds. The first kappa shape index (κ1) is 13.9. The Balaban J connectivity index is 2.17. The molecule has 0 aromatic heterocycles. The van der Waals surface area contributed by atoms with Crippen molar-refractivity contribution < 1.29 is 14.3 Å². The molecule has 0 aliphatic rings. The summed E-state index contributed by atoms with van der Waals surface area (Å²) in [5.74, 6) is -1.15. The van der Waals surface area contributed by atoms with Crippen molar-refractivity contribution in [3.05, 3.63) is 64.4 Å². The van der Waals surface area contributed by atoms with Crippen molar-refractivity contribution in [1.82, 2.24) is 0 Å². The van der Waals surface area contributed by atoms with Crippen LogP contribution in [0.3, 0.4) is 0 Å². The van der Waals surface area contributed by atoms with Crippen molar-refractivity contribution in [2.45, 2.75) is 10.6 Å². The van der Waals surface area contributed by atoms with Crippen molar-refractivity contribution in [1.29, 1.82) is 0 Å². The Morgan fingerprint density at radius 1 is 1.26 bits per heavy atom. The van der Waals surface area contributed by atoms with Crippen LogP contribution in [-0.4, -0.2) is 11.1 Å². The molecule has 2 rings (SSSR count). The lowest BCUT2D eigenvalue weighted by Crippen LogP contribution is -1.99. The Labute approximate surface area is 119 Å². The Kier molecular flexibility index (Phi) is 4.45.